The van der Waals surface area contributed by atoms with Gasteiger partial charge < -0.3 is 9.84 Å². The van der Waals surface area contributed by atoms with Crippen LogP contribution in [-0.4, -0.2) is 22.3 Å². The monoisotopic (exact) mass is 304 g/mol. The van der Waals surface area contributed by atoms with Gasteiger partial charge in [0, 0.05) is 5.56 Å². The normalized spacial score (nSPS) is 12.0. The lowest BCUT2D eigenvalue weighted by Gasteiger charge is -1.94. The summed E-state index contributed by atoms with van der Waals surface area (Å²) in [7, 11) is 0. The quantitative estimate of drug-likeness (QED) is 0.498. The van der Waals surface area contributed by atoms with Crippen LogP contribution in [-0.2, 0) is 4.74 Å². The van der Waals surface area contributed by atoms with Gasteiger partial charge in [-0.1, -0.05) is 18.2 Å². The Morgan fingerprint density at radius 3 is 2.10 bits per heavy atom. The van der Waals surface area contributed by atoms with Crippen molar-refractivity contribution >= 4 is 28.8 Å². The van der Waals surface area contributed by atoms with E-state index in [9.17, 15) is 14.4 Å². The van der Waals surface area contributed by atoms with E-state index in [0.717, 1.165) is 0 Å². The molecule has 1 aliphatic rings. The average Bonchev–Trinajstić information content (AvgIpc) is 2.75. The minimum absolute atomic E-state index is 0.0847. The second-order valence-corrected chi connectivity index (χ2v) is 4.39. The van der Waals surface area contributed by atoms with Crippen molar-refractivity contribution in [3.8, 4) is 5.75 Å². The molecule has 106 valence electrons. The van der Waals surface area contributed by atoms with E-state index < -0.39 is 17.2 Å². The van der Waals surface area contributed by atoms with E-state index in [2.05, 4.69) is 4.74 Å². The topological polar surface area (TPSA) is 80.7 Å². The number of rotatable bonds is 1. The molecule has 0 bridgehead atoms. The Balaban J connectivity index is 0.000000194. The first kappa shape index (κ1) is 14.7. The molecule has 3 rings (SSSR count). The lowest BCUT2D eigenvalue weighted by atomic mass is 10.1. The van der Waals surface area contributed by atoms with Crippen molar-refractivity contribution in [3.63, 3.8) is 0 Å². The van der Waals surface area contributed by atoms with Crippen molar-refractivity contribution in [1.29, 1.82) is 0 Å². The molecule has 0 unspecified atom stereocenters. The van der Waals surface area contributed by atoms with E-state index in [1.165, 1.54) is 18.2 Å². The Morgan fingerprint density at radius 1 is 0.952 bits per heavy atom. The molecule has 0 saturated carbocycles. The molecule has 0 aromatic heterocycles. The lowest BCUT2D eigenvalue weighted by Crippen LogP contribution is -1.97. The number of fused-ring (bicyclic) bond motifs is 1. The maximum atomic E-state index is 11.1. The molecule has 21 heavy (non-hydrogen) atoms. The number of carbonyl (C=O) groups is 3. The van der Waals surface area contributed by atoms with Gasteiger partial charge in [0.2, 0.25) is 0 Å². The average molecular weight is 305 g/mol. The highest BCUT2D eigenvalue weighted by molar-refractivity contribution is 6.67. The fourth-order valence-corrected chi connectivity index (χ4v) is 1.75. The molecule has 0 amide bonds. The van der Waals surface area contributed by atoms with E-state index >= 15 is 0 Å². The number of esters is 2. The lowest BCUT2D eigenvalue weighted by molar-refractivity contribution is 0.0443. The summed E-state index contributed by atoms with van der Waals surface area (Å²) in [6.07, 6.45) is 0. The van der Waals surface area contributed by atoms with Crippen molar-refractivity contribution in [2.45, 2.75) is 0 Å². The molecule has 0 aliphatic carbocycles. The van der Waals surface area contributed by atoms with E-state index in [1.54, 1.807) is 24.3 Å². The second kappa shape index (κ2) is 6.19. The minimum atomic E-state index is -0.746. The van der Waals surface area contributed by atoms with Crippen molar-refractivity contribution in [2.24, 2.45) is 0 Å². The molecule has 1 aliphatic heterocycles. The number of ether oxygens (including phenoxy) is 1. The number of benzene rings is 2. The molecular formula is C15H9ClO5. The third-order valence-corrected chi connectivity index (χ3v) is 2.85. The Hall–Kier alpha value is -2.66. The van der Waals surface area contributed by atoms with Gasteiger partial charge in [0.25, 0.3) is 5.24 Å². The highest BCUT2D eigenvalue weighted by Gasteiger charge is 2.29. The van der Waals surface area contributed by atoms with Gasteiger partial charge in [-0.25, -0.2) is 9.59 Å². The van der Waals surface area contributed by atoms with Crippen LogP contribution in [0.4, 0.5) is 0 Å². The van der Waals surface area contributed by atoms with Crippen LogP contribution < -0.4 is 0 Å². The molecule has 2 aromatic carbocycles. The Morgan fingerprint density at radius 2 is 1.57 bits per heavy atom. The van der Waals surface area contributed by atoms with E-state index in [-0.39, 0.29) is 16.7 Å². The first-order valence-electron chi connectivity index (χ1n) is 5.83. The standard InChI is InChI=1S/C9H3ClO4.C6H6O/c10-7(11)4-1-2-5-6(3-4)9(13)14-8(5)12;7-6-4-2-1-3-5-6/h1-3H;1-5,7H. The van der Waals surface area contributed by atoms with Gasteiger partial charge in [0.15, 0.2) is 0 Å². The van der Waals surface area contributed by atoms with Gasteiger partial charge in [0.05, 0.1) is 11.1 Å². The van der Waals surface area contributed by atoms with Crippen LogP contribution in [0.2, 0.25) is 0 Å². The van der Waals surface area contributed by atoms with Gasteiger partial charge in [-0.2, -0.15) is 0 Å². The third kappa shape index (κ3) is 3.46. The van der Waals surface area contributed by atoms with E-state index in [4.69, 9.17) is 16.7 Å². The minimum Gasteiger partial charge on any atom is -0.508 e. The summed E-state index contributed by atoms with van der Waals surface area (Å²) < 4.78 is 4.33. The molecule has 0 saturated heterocycles. The summed E-state index contributed by atoms with van der Waals surface area (Å²) in [6, 6.07) is 12.7. The van der Waals surface area contributed by atoms with Crippen molar-refractivity contribution in [3.05, 3.63) is 65.2 Å². The van der Waals surface area contributed by atoms with Crippen LogP contribution in [0.15, 0.2) is 48.5 Å². The van der Waals surface area contributed by atoms with Crippen molar-refractivity contribution in [2.75, 3.05) is 0 Å². The summed E-state index contributed by atoms with van der Waals surface area (Å²) in [6.45, 7) is 0. The zero-order valence-electron chi connectivity index (χ0n) is 10.6. The largest absolute Gasteiger partial charge is 0.508 e. The maximum Gasteiger partial charge on any atom is 0.346 e. The van der Waals surface area contributed by atoms with Crippen molar-refractivity contribution in [1.82, 2.24) is 0 Å². The smallest absolute Gasteiger partial charge is 0.346 e. The summed E-state index contributed by atoms with van der Waals surface area (Å²) in [5, 5.41) is 7.95. The molecular weight excluding hydrogens is 296 g/mol. The number of hydrogen-bond donors (Lipinski definition) is 1. The number of cyclic esters (lactones) is 2. The van der Waals surface area contributed by atoms with Gasteiger partial charge >= 0.3 is 11.9 Å². The molecule has 2 aromatic rings. The Bertz CT molecular complexity index is 709. The second-order valence-electron chi connectivity index (χ2n) is 4.05. The van der Waals surface area contributed by atoms with Crippen LogP contribution in [0.25, 0.3) is 0 Å². The van der Waals surface area contributed by atoms with Gasteiger partial charge in [-0.15, -0.1) is 0 Å². The highest BCUT2D eigenvalue weighted by atomic mass is 35.5. The molecule has 5 nitrogen and oxygen atoms in total. The first-order valence-corrected chi connectivity index (χ1v) is 6.21. The number of aromatic hydroxyl groups is 1. The molecule has 0 atom stereocenters. The van der Waals surface area contributed by atoms with E-state index in [1.807, 2.05) is 6.07 Å². The zero-order chi connectivity index (χ0) is 15.4. The molecule has 1 heterocycles. The summed E-state index contributed by atoms with van der Waals surface area (Å²) in [5.41, 5.74) is 0.412. The Labute approximate surface area is 124 Å². The molecule has 1 N–H and O–H groups in total. The number of carbonyl (C=O) groups excluding carboxylic acids is 3. The number of halogens is 1. The van der Waals surface area contributed by atoms with Gasteiger partial charge in [-0.05, 0) is 41.9 Å². The van der Waals surface area contributed by atoms with Crippen LogP contribution >= 0.6 is 11.6 Å². The van der Waals surface area contributed by atoms with Gasteiger partial charge in [0.1, 0.15) is 5.75 Å². The van der Waals surface area contributed by atoms with Crippen molar-refractivity contribution < 1.29 is 24.2 Å². The molecule has 0 fully saturated rings. The Kier molecular flexibility index (Phi) is 4.35. The number of hydrogen-bond acceptors (Lipinski definition) is 5. The zero-order valence-corrected chi connectivity index (χ0v) is 11.3. The number of phenolic OH excluding ortho intramolecular Hbond substituents is 1. The molecule has 0 radical (unpaired) electrons. The fourth-order valence-electron chi connectivity index (χ4n) is 1.64. The van der Waals surface area contributed by atoms with Crippen LogP contribution in [0.3, 0.4) is 0 Å². The molecule has 6 heteroatoms. The first-order chi connectivity index (χ1) is 9.99. The SMILES string of the molecule is O=C(Cl)c1ccc2c(c1)C(=O)OC2=O.Oc1ccccc1. The van der Waals surface area contributed by atoms with Crippen LogP contribution in [0.5, 0.6) is 5.75 Å². The van der Waals surface area contributed by atoms with E-state index in [0.29, 0.717) is 5.75 Å². The van der Waals surface area contributed by atoms with Crippen LogP contribution in [0, 0.1) is 0 Å². The highest BCUT2D eigenvalue weighted by Crippen LogP contribution is 2.21. The summed E-state index contributed by atoms with van der Waals surface area (Å²) >= 11 is 5.21. The third-order valence-electron chi connectivity index (χ3n) is 2.63. The number of para-hydroxylation sites is 1. The fraction of sp³-hybridized carbons (Fsp3) is 0. The predicted octanol–water partition coefficient (Wildman–Crippen LogP) is 2.77. The van der Waals surface area contributed by atoms with Crippen LogP contribution in [0.1, 0.15) is 31.1 Å². The summed E-state index contributed by atoms with van der Waals surface area (Å²) in [4.78, 5) is 32.8. The molecule has 0 spiro atoms. The van der Waals surface area contributed by atoms with Gasteiger partial charge in [-0.3, -0.25) is 4.79 Å². The summed E-state index contributed by atoms with van der Waals surface area (Å²) in [5.74, 6) is -1.12. The maximum absolute atomic E-state index is 11.1. The predicted molar refractivity (Wildman–Crippen MR) is 74.5 cm³/mol. The number of phenols is 1.